The van der Waals surface area contributed by atoms with E-state index >= 15 is 0 Å². The Morgan fingerprint density at radius 1 is 0.880 bits per heavy atom. The first kappa shape index (κ1) is 16.7. The van der Waals surface area contributed by atoms with Gasteiger partial charge in [0.25, 0.3) is 11.5 Å². The van der Waals surface area contributed by atoms with Crippen LogP contribution < -0.4 is 5.56 Å². The molecule has 2 aromatic carbocycles. The van der Waals surface area contributed by atoms with Crippen molar-refractivity contribution in [1.82, 2.24) is 9.47 Å². The smallest absolute Gasteiger partial charge is 0.263 e. The van der Waals surface area contributed by atoms with E-state index in [2.05, 4.69) is 0 Å². The van der Waals surface area contributed by atoms with E-state index in [9.17, 15) is 9.59 Å². The molecule has 25 heavy (non-hydrogen) atoms. The molecule has 0 saturated carbocycles. The summed E-state index contributed by atoms with van der Waals surface area (Å²) in [5.41, 5.74) is 1.97. The number of nitrogens with zero attached hydrogens (tertiary/aromatic N) is 2. The molecule has 0 aliphatic heterocycles. The minimum atomic E-state index is -0.267. The number of rotatable bonds is 5. The molecule has 0 fully saturated rings. The highest BCUT2D eigenvalue weighted by Crippen LogP contribution is 2.07. The van der Waals surface area contributed by atoms with Crippen molar-refractivity contribution < 1.29 is 4.79 Å². The summed E-state index contributed by atoms with van der Waals surface area (Å²) in [6, 6.07) is 22.8. The van der Waals surface area contributed by atoms with E-state index in [4.69, 9.17) is 0 Å². The van der Waals surface area contributed by atoms with Gasteiger partial charge in [-0.1, -0.05) is 60.7 Å². The molecule has 126 valence electrons. The van der Waals surface area contributed by atoms with Crippen molar-refractivity contribution in [3.05, 3.63) is 106 Å². The van der Waals surface area contributed by atoms with E-state index in [0.717, 1.165) is 11.1 Å². The standard InChI is InChI=1S/C21H20N2O2/c1-22(15-17-9-4-2-5-10-17)20(24)19-13-8-14-23(21(19)25)16-18-11-6-3-7-12-18/h2-14H,15-16H2,1H3. The normalized spacial score (nSPS) is 10.4. The zero-order chi connectivity index (χ0) is 17.6. The van der Waals surface area contributed by atoms with E-state index in [1.165, 1.54) is 0 Å². The van der Waals surface area contributed by atoms with Gasteiger partial charge in [-0.15, -0.1) is 0 Å². The first-order valence-electron chi connectivity index (χ1n) is 8.18. The second-order valence-electron chi connectivity index (χ2n) is 5.99. The third-order valence-corrected chi connectivity index (χ3v) is 4.06. The lowest BCUT2D eigenvalue weighted by atomic mass is 10.2. The molecule has 0 N–H and O–H groups in total. The number of hydrogen-bond acceptors (Lipinski definition) is 2. The predicted octanol–water partition coefficient (Wildman–Crippen LogP) is 3.17. The van der Waals surface area contributed by atoms with Gasteiger partial charge in [0.1, 0.15) is 5.56 Å². The minimum Gasteiger partial charge on any atom is -0.337 e. The zero-order valence-corrected chi connectivity index (χ0v) is 14.1. The minimum absolute atomic E-state index is 0.192. The summed E-state index contributed by atoms with van der Waals surface area (Å²) in [6.45, 7) is 0.913. The van der Waals surface area contributed by atoms with Crippen molar-refractivity contribution in [3.8, 4) is 0 Å². The van der Waals surface area contributed by atoms with Gasteiger partial charge in [0.05, 0.1) is 6.54 Å². The fourth-order valence-corrected chi connectivity index (χ4v) is 2.74. The van der Waals surface area contributed by atoms with E-state index < -0.39 is 0 Å². The number of aromatic nitrogens is 1. The molecule has 0 radical (unpaired) electrons. The van der Waals surface area contributed by atoms with Gasteiger partial charge in [-0.25, -0.2) is 0 Å². The Kier molecular flexibility index (Phi) is 5.09. The number of carbonyl (C=O) groups is 1. The number of carbonyl (C=O) groups excluding carboxylic acids is 1. The molecule has 0 unspecified atom stereocenters. The van der Waals surface area contributed by atoms with Gasteiger partial charge >= 0.3 is 0 Å². The Bertz CT molecular complexity index is 902. The summed E-state index contributed by atoms with van der Waals surface area (Å²) in [7, 11) is 1.71. The van der Waals surface area contributed by atoms with Gasteiger partial charge in [0.2, 0.25) is 0 Å². The third-order valence-electron chi connectivity index (χ3n) is 4.06. The van der Waals surface area contributed by atoms with Crippen LogP contribution in [0.1, 0.15) is 21.5 Å². The monoisotopic (exact) mass is 332 g/mol. The van der Waals surface area contributed by atoms with Crippen molar-refractivity contribution in [2.24, 2.45) is 0 Å². The van der Waals surface area contributed by atoms with Crippen molar-refractivity contribution in [2.75, 3.05) is 7.05 Å². The van der Waals surface area contributed by atoms with Crippen LogP contribution in [0.4, 0.5) is 0 Å². The molecular weight excluding hydrogens is 312 g/mol. The highest BCUT2D eigenvalue weighted by atomic mass is 16.2. The van der Waals surface area contributed by atoms with Gasteiger partial charge < -0.3 is 9.47 Å². The first-order chi connectivity index (χ1) is 12.1. The van der Waals surface area contributed by atoms with Crippen LogP contribution in [0.2, 0.25) is 0 Å². The van der Waals surface area contributed by atoms with Crippen LogP contribution in [-0.2, 0) is 13.1 Å². The van der Waals surface area contributed by atoms with Gasteiger partial charge in [0, 0.05) is 19.8 Å². The Morgan fingerprint density at radius 3 is 2.12 bits per heavy atom. The largest absolute Gasteiger partial charge is 0.337 e. The summed E-state index contributed by atoms with van der Waals surface area (Å²) in [5.74, 6) is -0.267. The van der Waals surface area contributed by atoms with Crippen LogP contribution in [0.3, 0.4) is 0 Å². The van der Waals surface area contributed by atoms with Crippen molar-refractivity contribution in [1.29, 1.82) is 0 Å². The molecule has 0 aliphatic rings. The predicted molar refractivity (Wildman–Crippen MR) is 98.5 cm³/mol. The summed E-state index contributed by atoms with van der Waals surface area (Å²) < 4.78 is 1.57. The molecular formula is C21H20N2O2. The molecule has 1 amide bonds. The van der Waals surface area contributed by atoms with Gasteiger partial charge in [-0.05, 0) is 23.3 Å². The van der Waals surface area contributed by atoms with Gasteiger partial charge in [0.15, 0.2) is 0 Å². The average molecular weight is 332 g/mol. The first-order valence-corrected chi connectivity index (χ1v) is 8.18. The van der Waals surface area contributed by atoms with Crippen LogP contribution in [0.25, 0.3) is 0 Å². The van der Waals surface area contributed by atoms with Crippen LogP contribution in [0, 0.1) is 0 Å². The molecule has 0 spiro atoms. The lowest BCUT2D eigenvalue weighted by Crippen LogP contribution is -2.34. The molecule has 0 bridgehead atoms. The summed E-state index contributed by atoms with van der Waals surface area (Å²) >= 11 is 0. The van der Waals surface area contributed by atoms with Crippen LogP contribution in [-0.4, -0.2) is 22.4 Å². The molecule has 1 aromatic heterocycles. The maximum atomic E-state index is 12.7. The topological polar surface area (TPSA) is 42.3 Å². The SMILES string of the molecule is CN(Cc1ccccc1)C(=O)c1cccn(Cc2ccccc2)c1=O. The summed E-state index contributed by atoms with van der Waals surface area (Å²) in [4.78, 5) is 26.9. The van der Waals surface area contributed by atoms with Crippen LogP contribution >= 0.6 is 0 Å². The number of pyridine rings is 1. The molecule has 3 aromatic rings. The van der Waals surface area contributed by atoms with E-state index in [-0.39, 0.29) is 17.0 Å². The Labute approximate surface area is 147 Å². The van der Waals surface area contributed by atoms with Crippen molar-refractivity contribution >= 4 is 5.91 Å². The van der Waals surface area contributed by atoms with E-state index in [1.54, 1.807) is 34.8 Å². The quantitative estimate of drug-likeness (QED) is 0.720. The molecule has 4 heteroatoms. The lowest BCUT2D eigenvalue weighted by Gasteiger charge is -2.17. The van der Waals surface area contributed by atoms with Crippen molar-refractivity contribution in [3.63, 3.8) is 0 Å². The maximum Gasteiger partial charge on any atom is 0.263 e. The van der Waals surface area contributed by atoms with E-state index in [0.29, 0.717) is 13.1 Å². The molecule has 0 atom stereocenters. The maximum absolute atomic E-state index is 12.7. The second kappa shape index (κ2) is 7.62. The highest BCUT2D eigenvalue weighted by Gasteiger charge is 2.16. The Balaban J connectivity index is 1.81. The zero-order valence-electron chi connectivity index (χ0n) is 14.1. The van der Waals surface area contributed by atoms with Crippen LogP contribution in [0.5, 0.6) is 0 Å². The number of hydrogen-bond donors (Lipinski definition) is 0. The molecule has 1 heterocycles. The third kappa shape index (κ3) is 4.04. The van der Waals surface area contributed by atoms with E-state index in [1.807, 2.05) is 60.7 Å². The Morgan fingerprint density at radius 2 is 1.48 bits per heavy atom. The Hall–Kier alpha value is -3.14. The van der Waals surface area contributed by atoms with Crippen LogP contribution in [0.15, 0.2) is 83.8 Å². The van der Waals surface area contributed by atoms with Gasteiger partial charge in [-0.3, -0.25) is 9.59 Å². The molecule has 0 aliphatic carbocycles. The average Bonchev–Trinajstić information content (AvgIpc) is 2.64. The number of amides is 1. The van der Waals surface area contributed by atoms with Crippen molar-refractivity contribution in [2.45, 2.75) is 13.1 Å². The highest BCUT2D eigenvalue weighted by molar-refractivity contribution is 5.93. The summed E-state index contributed by atoms with van der Waals surface area (Å²) in [6.07, 6.45) is 1.71. The fourth-order valence-electron chi connectivity index (χ4n) is 2.74. The fraction of sp³-hybridized carbons (Fsp3) is 0.143. The van der Waals surface area contributed by atoms with Gasteiger partial charge in [-0.2, -0.15) is 0 Å². The lowest BCUT2D eigenvalue weighted by molar-refractivity contribution is 0.0782. The second-order valence-corrected chi connectivity index (χ2v) is 5.99. The summed E-state index contributed by atoms with van der Waals surface area (Å²) in [5, 5.41) is 0. The molecule has 0 saturated heterocycles. The molecule has 3 rings (SSSR count). The number of benzene rings is 2. The molecule has 4 nitrogen and oxygen atoms in total.